The van der Waals surface area contributed by atoms with Gasteiger partial charge in [0.15, 0.2) is 6.10 Å². The summed E-state index contributed by atoms with van der Waals surface area (Å²) in [6, 6.07) is 1.59. The molecule has 0 bridgehead atoms. The number of halogens is 1. The van der Waals surface area contributed by atoms with Gasteiger partial charge in [-0.2, -0.15) is 0 Å². The molecule has 4 unspecified atom stereocenters. The maximum atomic E-state index is 12.3. The number of fused-ring (bicyclic) bond motifs is 1. The monoisotopic (exact) mass is 404 g/mol. The highest BCUT2D eigenvalue weighted by Gasteiger charge is 2.64. The Hall–Kier alpha value is -1.29. The van der Waals surface area contributed by atoms with Crippen molar-refractivity contribution in [3.63, 3.8) is 0 Å². The van der Waals surface area contributed by atoms with Crippen LogP contribution >= 0.6 is 34.7 Å². The number of thioether (sulfide) groups is 1. The number of amides is 2. The number of hydrogen-bond donors (Lipinski definition) is 3. The molecular weight excluding hydrogens is 388 g/mol. The molecule has 25 heavy (non-hydrogen) atoms. The lowest BCUT2D eigenvalue weighted by Crippen LogP contribution is -2.70. The number of aliphatic hydroxyl groups is 1. The van der Waals surface area contributed by atoms with Crippen molar-refractivity contribution in [2.45, 2.75) is 48.0 Å². The van der Waals surface area contributed by atoms with Crippen molar-refractivity contribution < 1.29 is 24.6 Å². The summed E-state index contributed by atoms with van der Waals surface area (Å²) in [7, 11) is 0. The third-order valence-corrected chi connectivity index (χ3v) is 7.46. The summed E-state index contributed by atoms with van der Waals surface area (Å²) in [4.78, 5) is 38.6. The maximum Gasteiger partial charge on any atom is 0.327 e. The molecular formula is C15H17ClN2O5S2. The van der Waals surface area contributed by atoms with Gasteiger partial charge in [-0.1, -0.05) is 0 Å². The minimum Gasteiger partial charge on any atom is -0.480 e. The molecule has 0 aliphatic carbocycles. The van der Waals surface area contributed by atoms with E-state index < -0.39 is 46.1 Å². The standard InChI is InChI=1S/C15H17ClN2O5S2/c1-15(2)10(14(22)23)18-12(21)8(13(18)25-15)17-11(20)9(19)7-4-3-6(5-16)24-7/h3-4,8-10,13,19H,5H2,1-2H3,(H,17,20)(H,22,23). The lowest BCUT2D eigenvalue weighted by atomic mass is 9.96. The molecule has 136 valence electrons. The average Bonchev–Trinajstić information content (AvgIpc) is 3.12. The highest BCUT2D eigenvalue weighted by molar-refractivity contribution is 8.01. The van der Waals surface area contributed by atoms with Crippen LogP contribution in [0.15, 0.2) is 12.1 Å². The van der Waals surface area contributed by atoms with Crippen LogP contribution in [0.2, 0.25) is 0 Å². The fourth-order valence-electron chi connectivity index (χ4n) is 3.12. The van der Waals surface area contributed by atoms with E-state index in [1.165, 1.54) is 28.0 Å². The van der Waals surface area contributed by atoms with E-state index in [0.29, 0.717) is 10.8 Å². The Balaban J connectivity index is 1.69. The third kappa shape index (κ3) is 3.03. The van der Waals surface area contributed by atoms with E-state index in [1.54, 1.807) is 26.0 Å². The molecule has 2 aliphatic heterocycles. The van der Waals surface area contributed by atoms with E-state index in [9.17, 15) is 24.6 Å². The number of carbonyl (C=O) groups excluding carboxylic acids is 2. The molecule has 0 saturated carbocycles. The van der Waals surface area contributed by atoms with Crippen LogP contribution < -0.4 is 5.32 Å². The SMILES string of the molecule is CC1(C)SC2C(NC(=O)C(O)c3ccc(CCl)s3)C(=O)N2C1C(=O)O. The number of thiophene rings is 1. The van der Waals surface area contributed by atoms with Crippen molar-refractivity contribution in [2.75, 3.05) is 0 Å². The first-order chi connectivity index (χ1) is 11.7. The molecule has 2 amide bonds. The van der Waals surface area contributed by atoms with Crippen LogP contribution in [0.5, 0.6) is 0 Å². The Labute approximate surface area is 157 Å². The van der Waals surface area contributed by atoms with Crippen molar-refractivity contribution in [1.82, 2.24) is 10.2 Å². The number of alkyl halides is 1. The number of hydrogen-bond acceptors (Lipinski definition) is 6. The molecule has 2 fully saturated rings. The summed E-state index contributed by atoms with van der Waals surface area (Å²) in [5, 5.41) is 21.6. The second kappa shape index (κ2) is 6.46. The zero-order chi connectivity index (χ0) is 18.5. The quantitative estimate of drug-likeness (QED) is 0.502. The molecule has 2 saturated heterocycles. The number of aliphatic hydroxyl groups excluding tert-OH is 1. The van der Waals surface area contributed by atoms with Crippen LogP contribution in [-0.2, 0) is 20.3 Å². The van der Waals surface area contributed by atoms with E-state index in [4.69, 9.17) is 11.6 Å². The molecule has 0 radical (unpaired) electrons. The molecule has 3 N–H and O–H groups in total. The molecule has 7 nitrogen and oxygen atoms in total. The number of carboxylic acid groups (broad SMARTS) is 1. The van der Waals surface area contributed by atoms with Gasteiger partial charge in [0.2, 0.25) is 5.91 Å². The molecule has 10 heteroatoms. The lowest BCUT2D eigenvalue weighted by Gasteiger charge is -2.43. The molecule has 0 spiro atoms. The fourth-order valence-corrected chi connectivity index (χ4v) is 5.85. The number of carbonyl (C=O) groups is 3. The van der Waals surface area contributed by atoms with Crippen LogP contribution in [0.3, 0.4) is 0 Å². The summed E-state index contributed by atoms with van der Waals surface area (Å²) < 4.78 is -0.659. The van der Waals surface area contributed by atoms with E-state index in [2.05, 4.69) is 5.32 Å². The maximum absolute atomic E-state index is 12.3. The predicted octanol–water partition coefficient (Wildman–Crippen LogP) is 1.15. The normalized spacial score (nSPS) is 28.2. The van der Waals surface area contributed by atoms with E-state index >= 15 is 0 Å². The van der Waals surface area contributed by atoms with Gasteiger partial charge in [0.05, 0.1) is 5.88 Å². The number of aliphatic carboxylic acids is 1. The third-order valence-electron chi connectivity index (χ3n) is 4.30. The van der Waals surface area contributed by atoms with E-state index in [-0.39, 0.29) is 0 Å². The number of carboxylic acids is 1. The van der Waals surface area contributed by atoms with E-state index in [0.717, 1.165) is 4.88 Å². The van der Waals surface area contributed by atoms with Gasteiger partial charge in [-0.05, 0) is 26.0 Å². The largest absolute Gasteiger partial charge is 0.480 e. The van der Waals surface area contributed by atoms with E-state index in [1.807, 2.05) is 0 Å². The lowest BCUT2D eigenvalue weighted by molar-refractivity contribution is -0.161. The van der Waals surface area contributed by atoms with Crippen LogP contribution in [0, 0.1) is 0 Å². The van der Waals surface area contributed by atoms with Gasteiger partial charge >= 0.3 is 5.97 Å². The van der Waals surface area contributed by atoms with Crippen molar-refractivity contribution in [3.05, 3.63) is 21.9 Å². The van der Waals surface area contributed by atoms with Crippen LogP contribution in [-0.4, -0.2) is 55.1 Å². The molecule has 0 aromatic carbocycles. The van der Waals surface area contributed by atoms with Gasteiger partial charge in [-0.3, -0.25) is 9.59 Å². The smallest absolute Gasteiger partial charge is 0.327 e. The molecule has 3 heterocycles. The van der Waals surface area contributed by atoms with Gasteiger partial charge in [-0.15, -0.1) is 34.7 Å². The van der Waals surface area contributed by atoms with Gasteiger partial charge in [-0.25, -0.2) is 4.79 Å². The summed E-state index contributed by atoms with van der Waals surface area (Å²) in [5.41, 5.74) is 0. The summed E-state index contributed by atoms with van der Waals surface area (Å²) in [6.45, 7) is 3.52. The predicted molar refractivity (Wildman–Crippen MR) is 94.5 cm³/mol. The number of rotatable bonds is 5. The van der Waals surface area contributed by atoms with Crippen LogP contribution in [0.25, 0.3) is 0 Å². The number of β-lactam (4-membered cyclic amide) rings is 1. The average molecular weight is 405 g/mol. The highest BCUT2D eigenvalue weighted by Crippen LogP contribution is 2.50. The van der Waals surface area contributed by atoms with Gasteiger partial charge in [0, 0.05) is 14.5 Å². The Morgan fingerprint density at radius 2 is 2.12 bits per heavy atom. The number of nitrogens with zero attached hydrogens (tertiary/aromatic N) is 1. The first-order valence-electron chi connectivity index (χ1n) is 7.53. The summed E-state index contributed by atoms with van der Waals surface area (Å²) in [6.07, 6.45) is -1.39. The Morgan fingerprint density at radius 3 is 2.68 bits per heavy atom. The van der Waals surface area contributed by atoms with Gasteiger partial charge < -0.3 is 20.4 Å². The second-order valence-corrected chi connectivity index (χ2v) is 9.66. The first kappa shape index (κ1) is 18.5. The second-order valence-electron chi connectivity index (χ2n) is 6.42. The summed E-state index contributed by atoms with van der Waals surface area (Å²) >= 11 is 8.28. The van der Waals surface area contributed by atoms with Crippen molar-refractivity contribution in [2.24, 2.45) is 0 Å². The Kier molecular flexibility index (Phi) is 4.78. The zero-order valence-corrected chi connectivity index (χ0v) is 15.8. The fraction of sp³-hybridized carbons (Fsp3) is 0.533. The Bertz CT molecular complexity index is 737. The minimum atomic E-state index is -1.39. The highest BCUT2D eigenvalue weighted by atomic mass is 35.5. The topological polar surface area (TPSA) is 107 Å². The molecule has 2 aliphatic rings. The van der Waals surface area contributed by atoms with Crippen molar-refractivity contribution >= 4 is 52.5 Å². The minimum absolute atomic E-state index is 0.291. The first-order valence-corrected chi connectivity index (χ1v) is 9.76. The molecule has 1 aromatic rings. The summed E-state index contributed by atoms with van der Waals surface area (Å²) in [5.74, 6) is -1.90. The molecule has 4 atom stereocenters. The van der Waals surface area contributed by atoms with Gasteiger partial charge in [0.25, 0.3) is 5.91 Å². The van der Waals surface area contributed by atoms with Crippen molar-refractivity contribution in [3.8, 4) is 0 Å². The van der Waals surface area contributed by atoms with Crippen LogP contribution in [0.1, 0.15) is 29.7 Å². The molecule has 1 aromatic heterocycles. The zero-order valence-electron chi connectivity index (χ0n) is 13.4. The van der Waals surface area contributed by atoms with Crippen LogP contribution in [0.4, 0.5) is 0 Å². The van der Waals surface area contributed by atoms with Gasteiger partial charge in [0.1, 0.15) is 17.5 Å². The number of nitrogens with one attached hydrogen (secondary N) is 1. The molecule has 3 rings (SSSR count). The van der Waals surface area contributed by atoms with Crippen molar-refractivity contribution in [1.29, 1.82) is 0 Å². The Morgan fingerprint density at radius 1 is 1.44 bits per heavy atom.